The van der Waals surface area contributed by atoms with Crippen LogP contribution in [0.15, 0.2) is 0 Å². The molecule has 0 radical (unpaired) electrons. The fraction of sp³-hybridized carbons (Fsp3) is 0.833. The van der Waals surface area contributed by atoms with Crippen LogP contribution >= 0.6 is 0 Å². The van der Waals surface area contributed by atoms with Gasteiger partial charge in [0.1, 0.15) is 0 Å². The number of carbonyl (C=O) groups excluding carboxylic acids is 2. The number of aliphatic carboxylic acids is 2. The van der Waals surface area contributed by atoms with E-state index >= 15 is 0 Å². The molecule has 0 rings (SSSR count). The fourth-order valence-corrected chi connectivity index (χ4v) is 1.59. The van der Waals surface area contributed by atoms with E-state index in [2.05, 4.69) is 12.2 Å². The summed E-state index contributed by atoms with van der Waals surface area (Å²) in [5.41, 5.74) is 0. The van der Waals surface area contributed by atoms with Gasteiger partial charge in [-0.2, -0.15) is 0 Å². The molecule has 0 aliphatic rings. The first-order valence-electron chi connectivity index (χ1n) is 6.22. The van der Waals surface area contributed by atoms with Crippen molar-refractivity contribution < 1.29 is 78.9 Å². The van der Waals surface area contributed by atoms with Crippen molar-refractivity contribution in [2.24, 2.45) is 0 Å². The summed E-state index contributed by atoms with van der Waals surface area (Å²) in [7, 11) is 0. The van der Waals surface area contributed by atoms with Crippen molar-refractivity contribution in [3.8, 4) is 0 Å². The largest absolute Gasteiger partial charge is 1.00 e. The second-order valence-corrected chi connectivity index (χ2v) is 4.17. The second-order valence-electron chi connectivity index (χ2n) is 4.17. The van der Waals surface area contributed by atoms with Crippen LogP contribution in [-0.2, 0) is 9.59 Å². The molecule has 0 aromatic heterocycles. The van der Waals surface area contributed by atoms with E-state index in [0.29, 0.717) is 6.54 Å². The zero-order chi connectivity index (χ0) is 13.1. The van der Waals surface area contributed by atoms with Gasteiger partial charge < -0.3 is 25.1 Å². The molecule has 5 nitrogen and oxygen atoms in total. The Balaban J connectivity index is -0.00000128. The average Bonchev–Trinajstić information content (AvgIpc) is 2.25. The van der Waals surface area contributed by atoms with Crippen LogP contribution in [0, 0.1) is 0 Å². The molecule has 0 aliphatic carbocycles. The predicted molar refractivity (Wildman–Crippen MR) is 59.8 cm³/mol. The molecule has 0 aliphatic heterocycles. The van der Waals surface area contributed by atoms with Crippen molar-refractivity contribution in [2.45, 2.75) is 57.9 Å². The van der Waals surface area contributed by atoms with Crippen molar-refractivity contribution >= 4 is 11.9 Å². The molecule has 0 aromatic carbocycles. The molecule has 0 fully saturated rings. The summed E-state index contributed by atoms with van der Waals surface area (Å²) in [4.78, 5) is 20.9. The standard InChI is InChI=1S/C12H23NO4.2Na/c1-2-3-4-5-6-7-8-13-10(12(16)17)9-11(14)15;;/h10,13H,2-9H2,1H3,(H,14,15)(H,16,17);;/q;2*+1/p-2/t10-;;/m0../s1. The molecular formula is C12H21NNa2O4. The molecule has 19 heavy (non-hydrogen) atoms. The van der Waals surface area contributed by atoms with Gasteiger partial charge in [-0.3, -0.25) is 0 Å². The number of nitrogens with one attached hydrogen (secondary N) is 1. The third-order valence-electron chi connectivity index (χ3n) is 2.58. The van der Waals surface area contributed by atoms with Crippen molar-refractivity contribution in [2.75, 3.05) is 6.54 Å². The van der Waals surface area contributed by atoms with Crippen LogP contribution in [0.4, 0.5) is 0 Å². The summed E-state index contributed by atoms with van der Waals surface area (Å²) < 4.78 is 0. The number of carboxylic acids is 2. The van der Waals surface area contributed by atoms with E-state index in [0.717, 1.165) is 19.3 Å². The Morgan fingerprint density at radius 3 is 2.00 bits per heavy atom. The predicted octanol–water partition coefficient (Wildman–Crippen LogP) is -6.80. The normalized spacial score (nSPS) is 11.0. The summed E-state index contributed by atoms with van der Waals surface area (Å²) in [5.74, 6) is -2.77. The Morgan fingerprint density at radius 2 is 1.53 bits per heavy atom. The smallest absolute Gasteiger partial charge is 0.550 e. The molecule has 0 unspecified atom stereocenters. The zero-order valence-electron chi connectivity index (χ0n) is 12.4. The molecule has 0 aromatic rings. The van der Waals surface area contributed by atoms with Gasteiger partial charge in [0.2, 0.25) is 0 Å². The molecule has 1 atom stereocenters. The summed E-state index contributed by atoms with van der Waals surface area (Å²) in [6.45, 7) is 2.64. The molecule has 100 valence electrons. The van der Waals surface area contributed by atoms with E-state index in [1.54, 1.807) is 0 Å². The molecule has 7 heteroatoms. The van der Waals surface area contributed by atoms with Crippen molar-refractivity contribution in [1.82, 2.24) is 5.32 Å². The maximum Gasteiger partial charge on any atom is 1.00 e. The number of hydrogen-bond acceptors (Lipinski definition) is 5. The van der Waals surface area contributed by atoms with Gasteiger partial charge in [0, 0.05) is 12.4 Å². The number of rotatable bonds is 11. The van der Waals surface area contributed by atoms with Gasteiger partial charge in [0.25, 0.3) is 0 Å². The number of carbonyl (C=O) groups is 2. The van der Waals surface area contributed by atoms with Crippen LogP contribution in [0.5, 0.6) is 0 Å². The average molecular weight is 289 g/mol. The van der Waals surface area contributed by atoms with Gasteiger partial charge in [-0.15, -0.1) is 0 Å². The first-order chi connectivity index (χ1) is 8.07. The molecule has 0 saturated heterocycles. The summed E-state index contributed by atoms with van der Waals surface area (Å²) >= 11 is 0. The van der Waals surface area contributed by atoms with E-state index in [1.807, 2.05) is 0 Å². The first-order valence-corrected chi connectivity index (χ1v) is 6.22. The summed E-state index contributed by atoms with van der Waals surface area (Å²) in [6.07, 6.45) is 6.07. The van der Waals surface area contributed by atoms with Crippen molar-refractivity contribution in [3.63, 3.8) is 0 Å². The number of unbranched alkanes of at least 4 members (excludes halogenated alkanes) is 5. The van der Waals surface area contributed by atoms with Crippen molar-refractivity contribution in [3.05, 3.63) is 0 Å². The molecular weight excluding hydrogens is 268 g/mol. The van der Waals surface area contributed by atoms with Gasteiger partial charge in [-0.05, 0) is 13.0 Å². The summed E-state index contributed by atoms with van der Waals surface area (Å²) in [6, 6.07) is -1.14. The first kappa shape index (κ1) is 24.9. The SMILES string of the molecule is CCCCCCCCN[C@@H](CC(=O)[O-])C(=O)[O-].[Na+].[Na+]. The van der Waals surface area contributed by atoms with Gasteiger partial charge >= 0.3 is 59.1 Å². The maximum atomic E-state index is 10.6. The molecule has 1 N–H and O–H groups in total. The van der Waals surface area contributed by atoms with Gasteiger partial charge in [-0.25, -0.2) is 0 Å². The van der Waals surface area contributed by atoms with E-state index in [-0.39, 0.29) is 59.1 Å². The van der Waals surface area contributed by atoms with Crippen LogP contribution in [0.2, 0.25) is 0 Å². The van der Waals surface area contributed by atoms with Gasteiger partial charge in [0.15, 0.2) is 0 Å². The third kappa shape index (κ3) is 16.8. The molecule has 0 bridgehead atoms. The van der Waals surface area contributed by atoms with Crippen LogP contribution in [-0.4, -0.2) is 24.5 Å². The Morgan fingerprint density at radius 1 is 1.00 bits per heavy atom. The van der Waals surface area contributed by atoms with E-state index in [9.17, 15) is 19.8 Å². The monoisotopic (exact) mass is 289 g/mol. The Kier molecular flexibility index (Phi) is 22.2. The molecule has 0 spiro atoms. The fourth-order valence-electron chi connectivity index (χ4n) is 1.59. The van der Waals surface area contributed by atoms with E-state index < -0.39 is 24.4 Å². The minimum atomic E-state index is -1.39. The Hall–Kier alpha value is 0.900. The van der Waals surface area contributed by atoms with Gasteiger partial charge in [-0.1, -0.05) is 39.0 Å². The minimum absolute atomic E-state index is 0. The Labute approximate surface area is 159 Å². The van der Waals surface area contributed by atoms with Gasteiger partial charge in [0.05, 0.1) is 12.0 Å². The van der Waals surface area contributed by atoms with E-state index in [1.165, 1.54) is 19.3 Å². The third-order valence-corrected chi connectivity index (χ3v) is 2.58. The van der Waals surface area contributed by atoms with Crippen LogP contribution in [0.3, 0.4) is 0 Å². The number of hydrogen-bond donors (Lipinski definition) is 1. The number of carboxylic acid groups (broad SMARTS) is 2. The summed E-state index contributed by atoms with van der Waals surface area (Å²) in [5, 5.41) is 23.5. The molecule has 0 saturated carbocycles. The minimum Gasteiger partial charge on any atom is -0.550 e. The molecule has 0 heterocycles. The van der Waals surface area contributed by atoms with Crippen LogP contribution in [0.25, 0.3) is 0 Å². The quantitative estimate of drug-likeness (QED) is 0.301. The van der Waals surface area contributed by atoms with Crippen LogP contribution in [0.1, 0.15) is 51.9 Å². The van der Waals surface area contributed by atoms with E-state index in [4.69, 9.17) is 0 Å². The zero-order valence-corrected chi connectivity index (χ0v) is 16.4. The maximum absolute atomic E-state index is 10.6. The topological polar surface area (TPSA) is 92.3 Å². The van der Waals surface area contributed by atoms with Crippen molar-refractivity contribution in [1.29, 1.82) is 0 Å². The Bertz CT molecular complexity index is 240. The van der Waals surface area contributed by atoms with Crippen LogP contribution < -0.4 is 74.6 Å². The second kappa shape index (κ2) is 17.0. The molecule has 0 amide bonds.